The van der Waals surface area contributed by atoms with Crippen molar-refractivity contribution in [2.45, 2.75) is 18.9 Å². The second-order valence-corrected chi connectivity index (χ2v) is 7.44. The number of carbonyl (C=O) groups excluding carboxylic acids is 1. The van der Waals surface area contributed by atoms with E-state index in [1.54, 1.807) is 6.07 Å². The third kappa shape index (κ3) is 5.02. The standard InChI is InChI=1S/C24H24N6O2/c1-2-19-12-13-25-23(26-19)29-24(32)28-21(16-31)18-10-8-17(9-11-18)20-6-5-7-22(27-20)30-14-3-4-15-30/h1,5-13,21,31H,3-4,14-16H2,(H2,25,26,28,29,32)/t21-/m0/s1. The molecule has 0 saturated carbocycles. The largest absolute Gasteiger partial charge is 0.394 e. The Morgan fingerprint density at radius 2 is 1.91 bits per heavy atom. The molecule has 0 aliphatic carbocycles. The fraction of sp³-hybridized carbons (Fsp3) is 0.250. The second kappa shape index (κ2) is 9.90. The first-order valence-electron chi connectivity index (χ1n) is 10.5. The molecule has 1 aliphatic rings. The number of urea groups is 1. The summed E-state index contributed by atoms with van der Waals surface area (Å²) >= 11 is 0. The van der Waals surface area contributed by atoms with Gasteiger partial charge in [0.2, 0.25) is 5.95 Å². The monoisotopic (exact) mass is 428 g/mol. The molecule has 1 fully saturated rings. The molecule has 2 amide bonds. The van der Waals surface area contributed by atoms with Crippen LogP contribution in [0.4, 0.5) is 16.6 Å². The number of hydrogen-bond acceptors (Lipinski definition) is 6. The van der Waals surface area contributed by atoms with Gasteiger partial charge in [0.15, 0.2) is 0 Å². The minimum atomic E-state index is -0.594. The van der Waals surface area contributed by atoms with E-state index >= 15 is 0 Å². The van der Waals surface area contributed by atoms with Gasteiger partial charge in [-0.3, -0.25) is 5.32 Å². The highest BCUT2D eigenvalue weighted by molar-refractivity contribution is 5.87. The molecule has 8 nitrogen and oxygen atoms in total. The number of terminal acetylenes is 1. The first kappa shape index (κ1) is 21.3. The van der Waals surface area contributed by atoms with E-state index in [-0.39, 0.29) is 12.6 Å². The van der Waals surface area contributed by atoms with E-state index in [2.05, 4.69) is 31.4 Å². The summed E-state index contributed by atoms with van der Waals surface area (Å²) in [5.41, 5.74) is 2.99. The number of rotatable bonds is 6. The molecular weight excluding hydrogens is 404 g/mol. The zero-order valence-electron chi connectivity index (χ0n) is 17.5. The number of nitrogens with one attached hydrogen (secondary N) is 2. The van der Waals surface area contributed by atoms with Crippen LogP contribution in [0.1, 0.15) is 30.1 Å². The molecule has 1 aromatic carbocycles. The van der Waals surface area contributed by atoms with Crippen LogP contribution in [0.15, 0.2) is 54.7 Å². The van der Waals surface area contributed by atoms with Gasteiger partial charge in [0.05, 0.1) is 18.3 Å². The molecular formula is C24H24N6O2. The van der Waals surface area contributed by atoms with Crippen molar-refractivity contribution >= 4 is 17.8 Å². The molecule has 0 bridgehead atoms. The van der Waals surface area contributed by atoms with E-state index < -0.39 is 12.1 Å². The highest BCUT2D eigenvalue weighted by atomic mass is 16.3. The summed E-state index contributed by atoms with van der Waals surface area (Å²) in [5, 5.41) is 15.1. The number of carbonyl (C=O) groups is 1. The zero-order chi connectivity index (χ0) is 22.3. The number of aromatic nitrogens is 3. The highest BCUT2D eigenvalue weighted by Crippen LogP contribution is 2.24. The minimum absolute atomic E-state index is 0.0916. The number of hydrogen-bond donors (Lipinski definition) is 3. The van der Waals surface area contributed by atoms with Gasteiger partial charge < -0.3 is 15.3 Å². The topological polar surface area (TPSA) is 103 Å². The molecule has 3 heterocycles. The SMILES string of the molecule is C#Cc1ccnc(NC(=O)N[C@@H](CO)c2ccc(-c3cccc(N4CCCC4)n3)cc2)n1. The molecule has 32 heavy (non-hydrogen) atoms. The predicted octanol–water partition coefficient (Wildman–Crippen LogP) is 2.98. The van der Waals surface area contributed by atoms with Gasteiger partial charge in [-0.15, -0.1) is 6.42 Å². The summed E-state index contributed by atoms with van der Waals surface area (Å²) in [6.45, 7) is 1.82. The van der Waals surface area contributed by atoms with Crippen LogP contribution in [0.2, 0.25) is 0 Å². The fourth-order valence-corrected chi connectivity index (χ4v) is 3.62. The van der Waals surface area contributed by atoms with E-state index in [0.29, 0.717) is 5.69 Å². The minimum Gasteiger partial charge on any atom is -0.394 e. The van der Waals surface area contributed by atoms with Crippen molar-refractivity contribution in [3.05, 3.63) is 66.0 Å². The van der Waals surface area contributed by atoms with E-state index in [0.717, 1.165) is 35.7 Å². The van der Waals surface area contributed by atoms with Crippen LogP contribution in [0.5, 0.6) is 0 Å². The van der Waals surface area contributed by atoms with E-state index in [4.69, 9.17) is 11.4 Å². The molecule has 162 valence electrons. The van der Waals surface area contributed by atoms with Gasteiger partial charge in [0.25, 0.3) is 0 Å². The summed E-state index contributed by atoms with van der Waals surface area (Å²) in [5.74, 6) is 3.47. The van der Waals surface area contributed by atoms with Crippen LogP contribution in [-0.4, -0.2) is 45.8 Å². The number of anilines is 2. The lowest BCUT2D eigenvalue weighted by molar-refractivity contribution is 0.225. The molecule has 2 aromatic heterocycles. The van der Waals surface area contributed by atoms with Gasteiger partial charge in [0.1, 0.15) is 11.5 Å². The van der Waals surface area contributed by atoms with Crippen LogP contribution < -0.4 is 15.5 Å². The normalized spacial score (nSPS) is 13.9. The van der Waals surface area contributed by atoms with Crippen molar-refractivity contribution < 1.29 is 9.90 Å². The van der Waals surface area contributed by atoms with Crippen LogP contribution in [0.25, 0.3) is 11.3 Å². The molecule has 0 spiro atoms. The molecule has 0 radical (unpaired) electrons. The molecule has 1 saturated heterocycles. The Labute approximate surface area is 186 Å². The molecule has 3 N–H and O–H groups in total. The van der Waals surface area contributed by atoms with Crippen LogP contribution in [0, 0.1) is 12.3 Å². The summed E-state index contributed by atoms with van der Waals surface area (Å²) < 4.78 is 0. The van der Waals surface area contributed by atoms with E-state index in [1.165, 1.54) is 19.0 Å². The first-order valence-corrected chi connectivity index (χ1v) is 10.5. The summed E-state index contributed by atoms with van der Waals surface area (Å²) in [7, 11) is 0. The first-order chi connectivity index (χ1) is 15.7. The second-order valence-electron chi connectivity index (χ2n) is 7.44. The third-order valence-corrected chi connectivity index (χ3v) is 5.29. The number of aliphatic hydroxyl groups excluding tert-OH is 1. The van der Waals surface area contributed by atoms with Crippen LogP contribution >= 0.6 is 0 Å². The summed E-state index contributed by atoms with van der Waals surface area (Å²) in [6, 6.07) is 14.1. The van der Waals surface area contributed by atoms with Gasteiger partial charge in [-0.05, 0) is 36.6 Å². The number of nitrogens with zero attached hydrogens (tertiary/aromatic N) is 4. The third-order valence-electron chi connectivity index (χ3n) is 5.29. The Morgan fingerprint density at radius 1 is 1.12 bits per heavy atom. The maximum absolute atomic E-state index is 12.3. The predicted molar refractivity (Wildman–Crippen MR) is 123 cm³/mol. The molecule has 1 aliphatic heterocycles. The van der Waals surface area contributed by atoms with Gasteiger partial charge in [0, 0.05) is 24.8 Å². The molecule has 1 atom stereocenters. The summed E-state index contributed by atoms with van der Waals surface area (Å²) in [6.07, 6.45) is 9.18. The highest BCUT2D eigenvalue weighted by Gasteiger charge is 2.16. The molecule has 0 unspecified atom stereocenters. The molecule has 8 heteroatoms. The molecule has 4 rings (SSSR count). The number of aliphatic hydroxyl groups is 1. The Kier molecular flexibility index (Phi) is 6.58. The van der Waals surface area contributed by atoms with Gasteiger partial charge in [-0.1, -0.05) is 36.3 Å². The number of benzene rings is 1. The number of pyridine rings is 1. The van der Waals surface area contributed by atoms with Gasteiger partial charge in [-0.25, -0.2) is 19.7 Å². The smallest absolute Gasteiger partial charge is 0.322 e. The maximum atomic E-state index is 12.3. The van der Waals surface area contributed by atoms with Crippen molar-refractivity contribution in [3.8, 4) is 23.6 Å². The summed E-state index contributed by atoms with van der Waals surface area (Å²) in [4.78, 5) is 27.4. The molecule has 3 aromatic rings. The van der Waals surface area contributed by atoms with Crippen LogP contribution in [0.3, 0.4) is 0 Å². The Balaban J connectivity index is 1.43. The fourth-order valence-electron chi connectivity index (χ4n) is 3.62. The lowest BCUT2D eigenvalue weighted by atomic mass is 10.0. The maximum Gasteiger partial charge on any atom is 0.322 e. The quantitative estimate of drug-likeness (QED) is 0.522. The van der Waals surface area contributed by atoms with E-state index in [9.17, 15) is 9.90 Å². The lowest BCUT2D eigenvalue weighted by Crippen LogP contribution is -2.34. The Morgan fingerprint density at radius 3 is 2.62 bits per heavy atom. The van der Waals surface area contributed by atoms with Crippen LogP contribution in [-0.2, 0) is 0 Å². The Bertz CT molecular complexity index is 1120. The number of amides is 2. The van der Waals surface area contributed by atoms with Crippen molar-refractivity contribution in [2.24, 2.45) is 0 Å². The van der Waals surface area contributed by atoms with Crippen molar-refractivity contribution in [2.75, 3.05) is 29.9 Å². The average Bonchev–Trinajstić information content (AvgIpc) is 3.38. The zero-order valence-corrected chi connectivity index (χ0v) is 17.5. The lowest BCUT2D eigenvalue weighted by Gasteiger charge is -2.18. The van der Waals surface area contributed by atoms with Crippen molar-refractivity contribution in [3.63, 3.8) is 0 Å². The average molecular weight is 428 g/mol. The van der Waals surface area contributed by atoms with Crippen molar-refractivity contribution in [1.82, 2.24) is 20.3 Å². The van der Waals surface area contributed by atoms with E-state index in [1.807, 2.05) is 42.5 Å². The van der Waals surface area contributed by atoms with Gasteiger partial charge >= 0.3 is 6.03 Å². The van der Waals surface area contributed by atoms with Gasteiger partial charge in [-0.2, -0.15) is 0 Å². The van der Waals surface area contributed by atoms with Crippen molar-refractivity contribution in [1.29, 1.82) is 0 Å². The Hall–Kier alpha value is -3.96.